The van der Waals surface area contributed by atoms with Crippen molar-refractivity contribution in [3.63, 3.8) is 0 Å². The predicted molar refractivity (Wildman–Crippen MR) is 83.1 cm³/mol. The van der Waals surface area contributed by atoms with E-state index in [4.69, 9.17) is 0 Å². The van der Waals surface area contributed by atoms with Crippen molar-refractivity contribution in [3.05, 3.63) is 34.3 Å². The molecule has 0 saturated carbocycles. The van der Waals surface area contributed by atoms with Gasteiger partial charge >= 0.3 is 0 Å². The number of nitrogens with one attached hydrogen (secondary N) is 1. The third-order valence-corrected chi connectivity index (χ3v) is 3.53. The van der Waals surface area contributed by atoms with E-state index in [9.17, 15) is 0 Å². The van der Waals surface area contributed by atoms with Crippen molar-refractivity contribution in [1.29, 1.82) is 0 Å². The molecule has 0 bridgehead atoms. The fourth-order valence-corrected chi connectivity index (χ4v) is 2.21. The molecule has 1 aromatic rings. The zero-order valence-electron chi connectivity index (χ0n) is 11.7. The Labute approximate surface area is 120 Å². The Hall–Kier alpha value is -0.380. The monoisotopic (exact) mass is 312 g/mol. The molecule has 0 fully saturated rings. The first-order valence-electron chi connectivity index (χ1n) is 6.74. The summed E-state index contributed by atoms with van der Waals surface area (Å²) in [5, 5.41) is 3.65. The molecular formula is C15H25BrN2. The highest BCUT2D eigenvalue weighted by atomic mass is 79.9. The van der Waals surface area contributed by atoms with Crippen LogP contribution in [0.15, 0.2) is 28.7 Å². The summed E-state index contributed by atoms with van der Waals surface area (Å²) >= 11 is 3.48. The van der Waals surface area contributed by atoms with Crippen molar-refractivity contribution in [2.45, 2.75) is 32.2 Å². The summed E-state index contributed by atoms with van der Waals surface area (Å²) in [6.45, 7) is 4.46. The third kappa shape index (κ3) is 6.53. The van der Waals surface area contributed by atoms with Crippen LogP contribution in [0.5, 0.6) is 0 Å². The maximum absolute atomic E-state index is 3.65. The van der Waals surface area contributed by atoms with Gasteiger partial charge in [-0.25, -0.2) is 0 Å². The molecule has 0 saturated heterocycles. The fourth-order valence-electron chi connectivity index (χ4n) is 1.94. The molecule has 0 spiro atoms. The highest BCUT2D eigenvalue weighted by molar-refractivity contribution is 9.10. The van der Waals surface area contributed by atoms with Gasteiger partial charge in [0, 0.05) is 10.5 Å². The summed E-state index contributed by atoms with van der Waals surface area (Å²) in [4.78, 5) is 2.25. The maximum atomic E-state index is 3.65. The van der Waals surface area contributed by atoms with Crippen LogP contribution in [-0.4, -0.2) is 38.1 Å². The minimum Gasteiger partial charge on any atom is -0.314 e. The fraction of sp³-hybridized carbons (Fsp3) is 0.600. The number of hydrogen-bond acceptors (Lipinski definition) is 2. The van der Waals surface area contributed by atoms with E-state index >= 15 is 0 Å². The summed E-state index contributed by atoms with van der Waals surface area (Å²) in [5.74, 6) is 0. The lowest BCUT2D eigenvalue weighted by Crippen LogP contribution is -2.34. The van der Waals surface area contributed by atoms with Crippen LogP contribution in [0.3, 0.4) is 0 Å². The van der Waals surface area contributed by atoms with Gasteiger partial charge in [0.2, 0.25) is 0 Å². The number of rotatable bonds is 8. The van der Waals surface area contributed by atoms with Crippen LogP contribution in [-0.2, 0) is 6.42 Å². The van der Waals surface area contributed by atoms with Crippen molar-refractivity contribution in [2.24, 2.45) is 0 Å². The Morgan fingerprint density at radius 1 is 1.22 bits per heavy atom. The zero-order valence-corrected chi connectivity index (χ0v) is 13.3. The topological polar surface area (TPSA) is 15.3 Å². The smallest absolute Gasteiger partial charge is 0.0175 e. The third-order valence-electron chi connectivity index (χ3n) is 3.00. The second kappa shape index (κ2) is 8.68. The van der Waals surface area contributed by atoms with Crippen LogP contribution >= 0.6 is 15.9 Å². The Kier molecular flexibility index (Phi) is 7.56. The van der Waals surface area contributed by atoms with Gasteiger partial charge in [-0.1, -0.05) is 35.0 Å². The van der Waals surface area contributed by atoms with Crippen molar-refractivity contribution >= 4 is 15.9 Å². The zero-order chi connectivity index (χ0) is 13.4. The van der Waals surface area contributed by atoms with Gasteiger partial charge in [0.15, 0.2) is 0 Å². The van der Waals surface area contributed by atoms with E-state index in [1.807, 2.05) is 0 Å². The van der Waals surface area contributed by atoms with Crippen molar-refractivity contribution < 1.29 is 0 Å². The molecular weight excluding hydrogens is 288 g/mol. The summed E-state index contributed by atoms with van der Waals surface area (Å²) in [6, 6.07) is 9.24. The van der Waals surface area contributed by atoms with Gasteiger partial charge in [-0.05, 0) is 64.1 Å². The normalized spacial score (nSPS) is 12.9. The summed E-state index contributed by atoms with van der Waals surface area (Å²) < 4.78 is 1.15. The molecule has 1 N–H and O–H groups in total. The molecule has 0 aliphatic carbocycles. The van der Waals surface area contributed by atoms with Gasteiger partial charge in [0.05, 0.1) is 0 Å². The molecule has 0 amide bonds. The molecule has 0 aliphatic heterocycles. The van der Waals surface area contributed by atoms with Crippen LogP contribution in [0.2, 0.25) is 0 Å². The van der Waals surface area contributed by atoms with Gasteiger partial charge in [0.25, 0.3) is 0 Å². The second-order valence-electron chi connectivity index (χ2n) is 5.07. The minimum atomic E-state index is 0.577. The Morgan fingerprint density at radius 3 is 2.44 bits per heavy atom. The standard InChI is InChI=1S/C15H25BrN2/c1-4-10-17-15(9-11-18(2)3)12-13-5-7-14(16)8-6-13/h5-8,15,17H,4,9-12H2,1-3H3. The maximum Gasteiger partial charge on any atom is 0.0175 e. The van der Waals surface area contributed by atoms with E-state index in [1.54, 1.807) is 0 Å². The van der Waals surface area contributed by atoms with Gasteiger partial charge in [-0.15, -0.1) is 0 Å². The lowest BCUT2D eigenvalue weighted by Gasteiger charge is -2.20. The van der Waals surface area contributed by atoms with Crippen LogP contribution < -0.4 is 5.32 Å². The van der Waals surface area contributed by atoms with Crippen molar-refractivity contribution in [2.75, 3.05) is 27.2 Å². The lowest BCUT2D eigenvalue weighted by molar-refractivity contribution is 0.356. The summed E-state index contributed by atoms with van der Waals surface area (Å²) in [7, 11) is 4.27. The van der Waals surface area contributed by atoms with Crippen LogP contribution in [0, 0.1) is 0 Å². The van der Waals surface area contributed by atoms with E-state index in [-0.39, 0.29) is 0 Å². The SMILES string of the molecule is CCCNC(CCN(C)C)Cc1ccc(Br)cc1. The lowest BCUT2D eigenvalue weighted by atomic mass is 10.0. The molecule has 18 heavy (non-hydrogen) atoms. The number of nitrogens with zero attached hydrogens (tertiary/aromatic N) is 1. The minimum absolute atomic E-state index is 0.577. The van der Waals surface area contributed by atoms with Crippen LogP contribution in [0.1, 0.15) is 25.3 Å². The Bertz CT molecular complexity index is 322. The average molecular weight is 313 g/mol. The van der Waals surface area contributed by atoms with Gasteiger partial charge < -0.3 is 10.2 Å². The van der Waals surface area contributed by atoms with E-state index in [0.717, 1.165) is 24.0 Å². The highest BCUT2D eigenvalue weighted by Crippen LogP contribution is 2.13. The molecule has 1 rings (SSSR count). The van der Waals surface area contributed by atoms with Gasteiger partial charge in [-0.2, -0.15) is 0 Å². The molecule has 0 aromatic heterocycles. The first-order valence-corrected chi connectivity index (χ1v) is 7.53. The van der Waals surface area contributed by atoms with Crippen LogP contribution in [0.25, 0.3) is 0 Å². The Morgan fingerprint density at radius 2 is 1.89 bits per heavy atom. The average Bonchev–Trinajstić information content (AvgIpc) is 2.35. The van der Waals surface area contributed by atoms with E-state index in [1.165, 1.54) is 18.4 Å². The Balaban J connectivity index is 2.50. The molecule has 3 heteroatoms. The molecule has 1 unspecified atom stereocenters. The number of benzene rings is 1. The molecule has 2 nitrogen and oxygen atoms in total. The van der Waals surface area contributed by atoms with E-state index in [0.29, 0.717) is 6.04 Å². The molecule has 1 aromatic carbocycles. The molecule has 0 heterocycles. The molecule has 0 aliphatic rings. The molecule has 1 atom stereocenters. The quantitative estimate of drug-likeness (QED) is 0.792. The van der Waals surface area contributed by atoms with Crippen LogP contribution in [0.4, 0.5) is 0 Å². The second-order valence-corrected chi connectivity index (χ2v) is 5.99. The van der Waals surface area contributed by atoms with E-state index in [2.05, 4.69) is 71.4 Å². The number of halogens is 1. The molecule has 0 radical (unpaired) electrons. The first-order chi connectivity index (χ1) is 8.61. The largest absolute Gasteiger partial charge is 0.314 e. The first kappa shape index (κ1) is 15.7. The van der Waals surface area contributed by atoms with E-state index < -0.39 is 0 Å². The summed E-state index contributed by atoms with van der Waals surface area (Å²) in [6.07, 6.45) is 3.50. The predicted octanol–water partition coefficient (Wildman–Crippen LogP) is 3.31. The van der Waals surface area contributed by atoms with Gasteiger partial charge in [-0.3, -0.25) is 0 Å². The number of hydrogen-bond donors (Lipinski definition) is 1. The molecule has 102 valence electrons. The van der Waals surface area contributed by atoms with Gasteiger partial charge in [0.1, 0.15) is 0 Å². The summed E-state index contributed by atoms with van der Waals surface area (Å²) in [5.41, 5.74) is 1.41. The van der Waals surface area contributed by atoms with Crippen molar-refractivity contribution in [1.82, 2.24) is 10.2 Å². The highest BCUT2D eigenvalue weighted by Gasteiger charge is 2.09. The van der Waals surface area contributed by atoms with Crippen molar-refractivity contribution in [3.8, 4) is 0 Å².